The van der Waals surface area contributed by atoms with E-state index in [-0.39, 0.29) is 5.92 Å². The molecule has 0 aliphatic heterocycles. The van der Waals surface area contributed by atoms with Crippen molar-refractivity contribution in [2.75, 3.05) is 0 Å². The zero-order valence-electron chi connectivity index (χ0n) is 13.4. The molecule has 0 heterocycles. The summed E-state index contributed by atoms with van der Waals surface area (Å²) in [5.41, 5.74) is 0. The zero-order chi connectivity index (χ0) is 14.5. The van der Waals surface area contributed by atoms with Gasteiger partial charge in [-0.3, -0.25) is 0 Å². The summed E-state index contributed by atoms with van der Waals surface area (Å²) < 4.78 is 0. The van der Waals surface area contributed by atoms with Crippen LogP contribution in [0.4, 0.5) is 0 Å². The first-order valence-corrected chi connectivity index (χ1v) is 8.73. The number of hydrogen-bond acceptors (Lipinski definition) is 1. The molecule has 2 aliphatic carbocycles. The SMILES string of the molecule is BCC(CCCC1CC(C=C)C(C#N)C1C)C1CCC1. The Labute approximate surface area is 126 Å². The van der Waals surface area contributed by atoms with Gasteiger partial charge in [-0.25, -0.2) is 0 Å². The molecule has 0 N–H and O–H groups in total. The number of nitriles is 1. The summed E-state index contributed by atoms with van der Waals surface area (Å²) in [6.45, 7) is 6.21. The van der Waals surface area contributed by atoms with Gasteiger partial charge in [-0.2, -0.15) is 5.26 Å². The van der Waals surface area contributed by atoms with Crippen LogP contribution in [0.15, 0.2) is 12.7 Å². The first-order valence-electron chi connectivity index (χ1n) is 8.73. The summed E-state index contributed by atoms with van der Waals surface area (Å²) in [6, 6.07) is 2.52. The predicted molar refractivity (Wildman–Crippen MR) is 88.1 cm³/mol. The fourth-order valence-electron chi connectivity index (χ4n) is 4.56. The van der Waals surface area contributed by atoms with Crippen molar-refractivity contribution in [1.82, 2.24) is 0 Å². The van der Waals surface area contributed by atoms with Crippen LogP contribution in [0.3, 0.4) is 0 Å². The average Bonchev–Trinajstić information content (AvgIpc) is 2.71. The highest BCUT2D eigenvalue weighted by molar-refractivity contribution is 6.08. The summed E-state index contributed by atoms with van der Waals surface area (Å²) in [7, 11) is 2.36. The quantitative estimate of drug-likeness (QED) is 0.502. The Balaban J connectivity index is 1.76. The van der Waals surface area contributed by atoms with Crippen molar-refractivity contribution < 1.29 is 0 Å². The van der Waals surface area contributed by atoms with Crippen LogP contribution in [-0.2, 0) is 0 Å². The summed E-state index contributed by atoms with van der Waals surface area (Å²) >= 11 is 0. The monoisotopic (exact) mass is 271 g/mol. The molecular formula is C18H30BN. The third kappa shape index (κ3) is 3.30. The van der Waals surface area contributed by atoms with Gasteiger partial charge < -0.3 is 0 Å². The van der Waals surface area contributed by atoms with Crippen LogP contribution in [-0.4, -0.2) is 7.85 Å². The maximum absolute atomic E-state index is 9.32. The van der Waals surface area contributed by atoms with Crippen LogP contribution in [0.25, 0.3) is 0 Å². The Hall–Kier alpha value is -0.705. The molecule has 0 saturated heterocycles. The molecule has 0 bridgehead atoms. The topological polar surface area (TPSA) is 23.8 Å². The van der Waals surface area contributed by atoms with E-state index in [0.717, 1.165) is 17.8 Å². The first-order chi connectivity index (χ1) is 9.71. The van der Waals surface area contributed by atoms with Crippen molar-refractivity contribution in [1.29, 1.82) is 5.26 Å². The number of allylic oxidation sites excluding steroid dienone is 1. The van der Waals surface area contributed by atoms with Gasteiger partial charge in [0, 0.05) is 0 Å². The van der Waals surface area contributed by atoms with Crippen molar-refractivity contribution in [3.05, 3.63) is 12.7 Å². The molecule has 0 aromatic rings. The molecule has 0 aromatic heterocycles. The lowest BCUT2D eigenvalue weighted by molar-refractivity contribution is 0.202. The van der Waals surface area contributed by atoms with Gasteiger partial charge in [-0.1, -0.05) is 57.8 Å². The van der Waals surface area contributed by atoms with Crippen molar-refractivity contribution >= 4 is 7.85 Å². The van der Waals surface area contributed by atoms with E-state index < -0.39 is 0 Å². The second kappa shape index (κ2) is 7.35. The molecule has 0 spiro atoms. The Morgan fingerprint density at radius 3 is 2.65 bits per heavy atom. The Morgan fingerprint density at radius 2 is 2.20 bits per heavy atom. The van der Waals surface area contributed by atoms with Gasteiger partial charge in [0.15, 0.2) is 0 Å². The summed E-state index contributed by atoms with van der Waals surface area (Å²) in [6.07, 6.45) is 13.1. The largest absolute Gasteiger partial charge is 0.198 e. The zero-order valence-corrected chi connectivity index (χ0v) is 13.4. The van der Waals surface area contributed by atoms with Crippen LogP contribution >= 0.6 is 0 Å². The fourth-order valence-corrected chi connectivity index (χ4v) is 4.56. The second-order valence-electron chi connectivity index (χ2n) is 7.20. The predicted octanol–water partition coefficient (Wildman–Crippen LogP) is 4.22. The molecule has 20 heavy (non-hydrogen) atoms. The van der Waals surface area contributed by atoms with E-state index in [9.17, 15) is 5.26 Å². The van der Waals surface area contributed by atoms with Gasteiger partial charge in [0.2, 0.25) is 0 Å². The van der Waals surface area contributed by atoms with Gasteiger partial charge in [-0.05, 0) is 36.0 Å². The molecule has 0 amide bonds. The normalized spacial score (nSPS) is 35.2. The summed E-state index contributed by atoms with van der Waals surface area (Å²) in [4.78, 5) is 0. The minimum Gasteiger partial charge on any atom is -0.198 e. The molecular weight excluding hydrogens is 241 g/mol. The molecule has 2 saturated carbocycles. The van der Waals surface area contributed by atoms with E-state index in [0.29, 0.717) is 11.8 Å². The Morgan fingerprint density at radius 1 is 1.45 bits per heavy atom. The molecule has 2 heteroatoms. The highest BCUT2D eigenvalue weighted by atomic mass is 14.4. The van der Waals surface area contributed by atoms with E-state index in [1.807, 2.05) is 6.08 Å². The molecule has 5 unspecified atom stereocenters. The van der Waals surface area contributed by atoms with Crippen LogP contribution in [0.1, 0.15) is 51.9 Å². The third-order valence-corrected chi connectivity index (χ3v) is 6.29. The second-order valence-corrected chi connectivity index (χ2v) is 7.20. The smallest absolute Gasteiger partial charge is 0.101 e. The van der Waals surface area contributed by atoms with Crippen LogP contribution < -0.4 is 0 Å². The van der Waals surface area contributed by atoms with Crippen molar-refractivity contribution in [3.63, 3.8) is 0 Å². The molecule has 2 fully saturated rings. The lowest BCUT2D eigenvalue weighted by Crippen LogP contribution is -2.22. The number of hydrogen-bond donors (Lipinski definition) is 0. The minimum atomic E-state index is 0.214. The minimum absolute atomic E-state index is 0.214. The summed E-state index contributed by atoms with van der Waals surface area (Å²) in [5.74, 6) is 3.98. The Kier molecular flexibility index (Phi) is 5.76. The molecule has 0 aromatic carbocycles. The average molecular weight is 271 g/mol. The van der Waals surface area contributed by atoms with Crippen molar-refractivity contribution in [3.8, 4) is 6.07 Å². The number of rotatable bonds is 7. The lowest BCUT2D eigenvalue weighted by Gasteiger charge is -2.33. The maximum atomic E-state index is 9.32. The van der Waals surface area contributed by atoms with Gasteiger partial charge in [-0.15, -0.1) is 6.58 Å². The standard InChI is InChI=1S/C18H30BN/c1-3-14-10-16(13(2)18(14)12-20)8-5-9-17(11-19)15-6-4-7-15/h3,13-18H,1,4-11,19H2,2H3. The van der Waals surface area contributed by atoms with Crippen LogP contribution in [0.5, 0.6) is 0 Å². The fraction of sp³-hybridized carbons (Fsp3) is 0.833. The van der Waals surface area contributed by atoms with E-state index >= 15 is 0 Å². The van der Waals surface area contributed by atoms with Gasteiger partial charge >= 0.3 is 0 Å². The molecule has 110 valence electrons. The molecule has 0 radical (unpaired) electrons. The van der Waals surface area contributed by atoms with Crippen LogP contribution in [0, 0.1) is 46.8 Å². The van der Waals surface area contributed by atoms with Crippen molar-refractivity contribution in [2.24, 2.45) is 35.5 Å². The maximum Gasteiger partial charge on any atom is 0.101 e. The van der Waals surface area contributed by atoms with Crippen LogP contribution in [0.2, 0.25) is 6.32 Å². The highest BCUT2D eigenvalue weighted by Gasteiger charge is 2.38. The molecule has 2 rings (SSSR count). The number of nitrogens with zero attached hydrogens (tertiary/aromatic N) is 1. The van der Waals surface area contributed by atoms with Gasteiger partial charge in [0.25, 0.3) is 0 Å². The first kappa shape index (κ1) is 15.7. The van der Waals surface area contributed by atoms with Crippen molar-refractivity contribution in [2.45, 2.75) is 58.2 Å². The van der Waals surface area contributed by atoms with E-state index in [4.69, 9.17) is 0 Å². The molecule has 1 nitrogen and oxygen atoms in total. The lowest BCUT2D eigenvalue weighted by atomic mass is 9.69. The molecule has 2 aliphatic rings. The van der Waals surface area contributed by atoms with E-state index in [2.05, 4.69) is 27.4 Å². The Bertz CT molecular complexity index is 355. The summed E-state index contributed by atoms with van der Waals surface area (Å²) in [5, 5.41) is 9.32. The molecule has 5 atom stereocenters. The van der Waals surface area contributed by atoms with Gasteiger partial charge in [0.05, 0.1) is 12.0 Å². The highest BCUT2D eigenvalue weighted by Crippen LogP contribution is 2.45. The van der Waals surface area contributed by atoms with E-state index in [1.165, 1.54) is 51.3 Å². The third-order valence-electron chi connectivity index (χ3n) is 6.29. The van der Waals surface area contributed by atoms with E-state index in [1.54, 1.807) is 0 Å². The van der Waals surface area contributed by atoms with Gasteiger partial charge in [0.1, 0.15) is 7.85 Å².